The predicted octanol–water partition coefficient (Wildman–Crippen LogP) is 2.27. The van der Waals surface area contributed by atoms with Crippen LogP contribution < -0.4 is 5.32 Å². The molecule has 2 aromatic rings. The van der Waals surface area contributed by atoms with Gasteiger partial charge in [-0.1, -0.05) is 42.1 Å². The topological polar surface area (TPSA) is 76.9 Å². The van der Waals surface area contributed by atoms with E-state index < -0.39 is 6.04 Å². The van der Waals surface area contributed by atoms with Crippen LogP contribution in [0.1, 0.15) is 32.4 Å². The fourth-order valence-electron chi connectivity index (χ4n) is 2.20. The second kappa shape index (κ2) is 8.63. The van der Waals surface area contributed by atoms with E-state index >= 15 is 0 Å². The lowest BCUT2D eigenvalue weighted by Crippen LogP contribution is -2.42. The molecule has 1 heterocycles. The molecule has 128 valence electrons. The first-order valence-corrected chi connectivity index (χ1v) is 8.82. The Morgan fingerprint density at radius 3 is 2.58 bits per heavy atom. The lowest BCUT2D eigenvalue weighted by atomic mass is 10.0. The van der Waals surface area contributed by atoms with E-state index in [4.69, 9.17) is 0 Å². The Kier molecular flexibility index (Phi) is 6.54. The van der Waals surface area contributed by atoms with E-state index in [1.165, 1.54) is 18.7 Å². The Morgan fingerprint density at radius 1 is 1.25 bits per heavy atom. The van der Waals surface area contributed by atoms with Gasteiger partial charge >= 0.3 is 0 Å². The van der Waals surface area contributed by atoms with E-state index in [0.29, 0.717) is 11.6 Å². The highest BCUT2D eigenvalue weighted by Crippen LogP contribution is 2.18. The highest BCUT2D eigenvalue weighted by molar-refractivity contribution is 7.99. The van der Waals surface area contributed by atoms with Gasteiger partial charge in [0.15, 0.2) is 10.9 Å². The number of aromatic nitrogens is 3. The molecule has 0 aliphatic rings. The summed E-state index contributed by atoms with van der Waals surface area (Å²) in [5.74, 6) is -0.0405. The third kappa shape index (κ3) is 5.19. The van der Waals surface area contributed by atoms with E-state index in [-0.39, 0.29) is 23.5 Å². The van der Waals surface area contributed by atoms with Crippen molar-refractivity contribution in [3.63, 3.8) is 0 Å². The van der Waals surface area contributed by atoms with E-state index in [1.807, 2.05) is 48.7 Å². The zero-order valence-corrected chi connectivity index (χ0v) is 14.9. The lowest BCUT2D eigenvalue weighted by Gasteiger charge is -2.16. The van der Waals surface area contributed by atoms with Crippen LogP contribution in [-0.4, -0.2) is 38.2 Å². The van der Waals surface area contributed by atoms with Crippen molar-refractivity contribution in [3.8, 4) is 0 Å². The number of nitrogens with one attached hydrogen (secondary N) is 1. The minimum Gasteiger partial charge on any atom is -0.345 e. The Balaban J connectivity index is 1.91. The Hall–Kier alpha value is -2.15. The highest BCUT2D eigenvalue weighted by Gasteiger charge is 2.18. The zero-order chi connectivity index (χ0) is 17.5. The molecule has 0 radical (unpaired) electrons. The van der Waals surface area contributed by atoms with Gasteiger partial charge in [-0.15, -0.1) is 10.2 Å². The Morgan fingerprint density at radius 2 is 1.96 bits per heavy atom. The van der Waals surface area contributed by atoms with Crippen LogP contribution in [0.25, 0.3) is 0 Å². The summed E-state index contributed by atoms with van der Waals surface area (Å²) >= 11 is 1.32. The van der Waals surface area contributed by atoms with Crippen molar-refractivity contribution in [2.75, 3.05) is 5.75 Å². The van der Waals surface area contributed by atoms with Gasteiger partial charge in [-0.2, -0.15) is 0 Å². The average molecular weight is 346 g/mol. The summed E-state index contributed by atoms with van der Waals surface area (Å²) in [4.78, 5) is 24.0. The molecule has 0 bridgehead atoms. The van der Waals surface area contributed by atoms with Gasteiger partial charge in [0.1, 0.15) is 6.33 Å². The summed E-state index contributed by atoms with van der Waals surface area (Å²) in [5.41, 5.74) is 1.02. The van der Waals surface area contributed by atoms with Gasteiger partial charge in [-0.3, -0.25) is 9.59 Å². The van der Waals surface area contributed by atoms with E-state index in [0.717, 1.165) is 5.56 Å². The maximum absolute atomic E-state index is 12.2. The monoisotopic (exact) mass is 346 g/mol. The van der Waals surface area contributed by atoms with Crippen molar-refractivity contribution in [2.24, 2.45) is 0 Å². The standard InChI is InChI=1S/C17H22N4O2S/c1-12(2)21-11-18-20-17(21)24-10-16(23)19-15(13(3)22)9-14-7-5-4-6-8-14/h4-8,11-12,15H,9-10H2,1-3H3,(H,19,23)/t15-/m0/s1. The number of carbonyl (C=O) groups is 2. The minimum absolute atomic E-state index is 0.0532. The molecule has 1 N–H and O–H groups in total. The summed E-state index contributed by atoms with van der Waals surface area (Å²) in [5, 5.41) is 11.4. The van der Waals surface area contributed by atoms with Crippen LogP contribution in [0.4, 0.5) is 0 Å². The van der Waals surface area contributed by atoms with Gasteiger partial charge < -0.3 is 9.88 Å². The van der Waals surface area contributed by atoms with Crippen molar-refractivity contribution in [1.29, 1.82) is 0 Å². The third-order valence-corrected chi connectivity index (χ3v) is 4.49. The molecule has 0 unspecified atom stereocenters. The van der Waals surface area contributed by atoms with Gasteiger partial charge in [0.2, 0.25) is 5.91 Å². The summed E-state index contributed by atoms with van der Waals surface area (Å²) in [6, 6.07) is 9.37. The van der Waals surface area contributed by atoms with Crippen molar-refractivity contribution in [1.82, 2.24) is 20.1 Å². The molecule has 0 saturated carbocycles. The Bertz CT molecular complexity index is 685. The lowest BCUT2D eigenvalue weighted by molar-refractivity contribution is -0.125. The Labute approximate surface area is 146 Å². The number of ketones is 1. The number of thioether (sulfide) groups is 1. The summed E-state index contributed by atoms with van der Waals surface area (Å²) in [7, 11) is 0. The second-order valence-corrected chi connectivity index (χ2v) is 6.77. The number of benzene rings is 1. The summed E-state index contributed by atoms with van der Waals surface area (Å²) < 4.78 is 1.91. The van der Waals surface area contributed by atoms with Crippen LogP contribution in [0.3, 0.4) is 0 Å². The number of Topliss-reactive ketones (excluding diaryl/α,β-unsaturated/α-hetero) is 1. The first-order valence-electron chi connectivity index (χ1n) is 7.83. The van der Waals surface area contributed by atoms with Gasteiger partial charge in [0.25, 0.3) is 0 Å². The number of rotatable bonds is 8. The van der Waals surface area contributed by atoms with Crippen LogP contribution >= 0.6 is 11.8 Å². The number of hydrogen-bond acceptors (Lipinski definition) is 5. The first kappa shape index (κ1) is 18.2. The molecule has 0 aliphatic carbocycles. The van der Waals surface area contributed by atoms with Crippen LogP contribution in [-0.2, 0) is 16.0 Å². The second-order valence-electron chi connectivity index (χ2n) is 5.82. The quantitative estimate of drug-likeness (QED) is 0.742. The predicted molar refractivity (Wildman–Crippen MR) is 93.9 cm³/mol. The molecule has 1 aromatic heterocycles. The van der Waals surface area contributed by atoms with Crippen LogP contribution in [0.5, 0.6) is 0 Å². The fourth-order valence-corrected chi connectivity index (χ4v) is 3.06. The van der Waals surface area contributed by atoms with Crippen LogP contribution in [0.2, 0.25) is 0 Å². The average Bonchev–Trinajstić information content (AvgIpc) is 3.02. The molecule has 24 heavy (non-hydrogen) atoms. The van der Waals surface area contributed by atoms with E-state index in [2.05, 4.69) is 15.5 Å². The molecule has 0 aliphatic heterocycles. The largest absolute Gasteiger partial charge is 0.345 e. The molecule has 7 heteroatoms. The normalized spacial score (nSPS) is 12.2. The number of hydrogen-bond donors (Lipinski definition) is 1. The SMILES string of the molecule is CC(=O)[C@H](Cc1ccccc1)NC(=O)CSc1nncn1C(C)C. The number of nitrogens with zero attached hydrogens (tertiary/aromatic N) is 3. The van der Waals surface area contributed by atoms with Gasteiger partial charge in [0.05, 0.1) is 11.8 Å². The smallest absolute Gasteiger partial charge is 0.231 e. The molecule has 1 aromatic carbocycles. The van der Waals surface area contributed by atoms with E-state index in [9.17, 15) is 9.59 Å². The summed E-state index contributed by atoms with van der Waals surface area (Å²) in [6.45, 7) is 5.55. The van der Waals surface area contributed by atoms with Crippen LogP contribution in [0, 0.1) is 0 Å². The minimum atomic E-state index is -0.511. The first-order chi connectivity index (χ1) is 11.5. The molecule has 1 atom stereocenters. The highest BCUT2D eigenvalue weighted by atomic mass is 32.2. The van der Waals surface area contributed by atoms with Crippen LogP contribution in [0.15, 0.2) is 41.8 Å². The van der Waals surface area contributed by atoms with Crippen molar-refractivity contribution in [3.05, 3.63) is 42.2 Å². The molecule has 0 fully saturated rings. The molecule has 2 rings (SSSR count). The van der Waals surface area contributed by atoms with Crippen molar-refractivity contribution < 1.29 is 9.59 Å². The van der Waals surface area contributed by atoms with E-state index in [1.54, 1.807) is 6.33 Å². The summed E-state index contributed by atoms with van der Waals surface area (Å²) in [6.07, 6.45) is 2.15. The molecule has 6 nitrogen and oxygen atoms in total. The molecule has 0 saturated heterocycles. The fraction of sp³-hybridized carbons (Fsp3) is 0.412. The zero-order valence-electron chi connectivity index (χ0n) is 14.1. The van der Waals surface area contributed by atoms with Gasteiger partial charge in [0, 0.05) is 6.04 Å². The maximum Gasteiger partial charge on any atom is 0.231 e. The maximum atomic E-state index is 12.2. The van der Waals surface area contributed by atoms with Crippen molar-refractivity contribution in [2.45, 2.75) is 44.4 Å². The van der Waals surface area contributed by atoms with Gasteiger partial charge in [-0.05, 0) is 32.8 Å². The molecular formula is C17H22N4O2S. The number of carbonyl (C=O) groups excluding carboxylic acids is 2. The molecular weight excluding hydrogens is 324 g/mol. The molecule has 0 spiro atoms. The van der Waals surface area contributed by atoms with Crippen molar-refractivity contribution >= 4 is 23.5 Å². The number of amides is 1. The molecule has 1 amide bonds. The van der Waals surface area contributed by atoms with Gasteiger partial charge in [-0.25, -0.2) is 0 Å². The third-order valence-electron chi connectivity index (χ3n) is 3.54.